The van der Waals surface area contributed by atoms with Crippen molar-refractivity contribution in [2.24, 2.45) is 0 Å². The number of methoxy groups -OCH3 is 2. The van der Waals surface area contributed by atoms with Crippen molar-refractivity contribution in [1.82, 2.24) is 9.62 Å². The Morgan fingerprint density at radius 1 is 1.26 bits per heavy atom. The number of sulfonamides is 1. The van der Waals surface area contributed by atoms with Gasteiger partial charge in [0.2, 0.25) is 5.91 Å². The molecule has 0 aromatic heterocycles. The summed E-state index contributed by atoms with van der Waals surface area (Å²) in [6.07, 6.45) is -0.723. The molecule has 2 rings (SSSR count). The lowest BCUT2D eigenvalue weighted by atomic mass is 10.2. The molecule has 1 aliphatic heterocycles. The number of nitrogens with one attached hydrogen (secondary N) is 1. The lowest BCUT2D eigenvalue weighted by Gasteiger charge is -2.16. The molecular formula is C14H18N2O6S. The molecule has 2 amide bonds. The number of amides is 2. The van der Waals surface area contributed by atoms with Gasteiger partial charge in [0, 0.05) is 27.2 Å². The van der Waals surface area contributed by atoms with E-state index >= 15 is 0 Å². The molecule has 8 nitrogen and oxygen atoms in total. The number of benzene rings is 1. The van der Waals surface area contributed by atoms with Crippen LogP contribution in [0, 0.1) is 0 Å². The third kappa shape index (κ3) is 3.52. The third-order valence-electron chi connectivity index (χ3n) is 3.45. The van der Waals surface area contributed by atoms with Crippen LogP contribution in [0.1, 0.15) is 16.8 Å². The second kappa shape index (κ2) is 7.07. The van der Waals surface area contributed by atoms with Crippen LogP contribution in [0.5, 0.6) is 0 Å². The van der Waals surface area contributed by atoms with Crippen LogP contribution in [-0.2, 0) is 24.3 Å². The van der Waals surface area contributed by atoms with Gasteiger partial charge in [-0.2, -0.15) is 0 Å². The largest absolute Gasteiger partial charge is 0.354 e. The number of carbonyl (C=O) groups excluding carboxylic acids is 2. The normalized spacial score (nSPS) is 15.8. The van der Waals surface area contributed by atoms with Gasteiger partial charge in [-0.1, -0.05) is 12.1 Å². The molecule has 1 aromatic rings. The van der Waals surface area contributed by atoms with Crippen molar-refractivity contribution < 1.29 is 27.5 Å². The molecule has 0 fully saturated rings. The Morgan fingerprint density at radius 3 is 2.52 bits per heavy atom. The molecule has 9 heteroatoms. The highest BCUT2D eigenvalue weighted by molar-refractivity contribution is 7.90. The first-order valence-corrected chi connectivity index (χ1v) is 8.34. The zero-order valence-corrected chi connectivity index (χ0v) is 13.6. The Hall–Kier alpha value is -1.97. The van der Waals surface area contributed by atoms with Crippen LogP contribution in [-0.4, -0.2) is 58.1 Å². The molecule has 1 aromatic carbocycles. The second-order valence-electron chi connectivity index (χ2n) is 4.83. The van der Waals surface area contributed by atoms with Crippen LogP contribution in [0.15, 0.2) is 29.2 Å². The van der Waals surface area contributed by atoms with Gasteiger partial charge >= 0.3 is 0 Å². The Kier molecular flexibility index (Phi) is 5.34. The summed E-state index contributed by atoms with van der Waals surface area (Å²) in [6, 6.07) is 5.98. The summed E-state index contributed by atoms with van der Waals surface area (Å²) in [5.41, 5.74) is 0.131. The Bertz CT molecular complexity index is 699. The molecule has 0 atom stereocenters. The fourth-order valence-corrected chi connectivity index (χ4v) is 3.77. The highest BCUT2D eigenvalue weighted by Gasteiger charge is 2.40. The van der Waals surface area contributed by atoms with Crippen molar-refractivity contribution in [2.75, 3.05) is 27.3 Å². The average Bonchev–Trinajstić information content (AvgIpc) is 2.74. The van der Waals surface area contributed by atoms with Crippen molar-refractivity contribution in [2.45, 2.75) is 17.6 Å². The van der Waals surface area contributed by atoms with Crippen LogP contribution >= 0.6 is 0 Å². The predicted octanol–water partition coefficient (Wildman–Crippen LogP) is -0.0437. The first kappa shape index (κ1) is 17.4. The molecule has 0 unspecified atom stereocenters. The molecule has 0 saturated carbocycles. The number of hydrogen-bond acceptors (Lipinski definition) is 6. The first-order chi connectivity index (χ1) is 10.9. The monoisotopic (exact) mass is 342 g/mol. The van der Waals surface area contributed by atoms with E-state index in [4.69, 9.17) is 9.47 Å². The molecule has 1 aliphatic rings. The highest BCUT2D eigenvalue weighted by Crippen LogP contribution is 2.29. The molecule has 0 saturated heterocycles. The number of ether oxygens (including phenoxy) is 2. The van der Waals surface area contributed by atoms with Crippen molar-refractivity contribution in [1.29, 1.82) is 0 Å². The maximum Gasteiger partial charge on any atom is 0.269 e. The fourth-order valence-electron chi connectivity index (χ4n) is 2.20. The quantitative estimate of drug-likeness (QED) is 0.698. The molecule has 0 spiro atoms. The Morgan fingerprint density at radius 2 is 1.91 bits per heavy atom. The minimum absolute atomic E-state index is 0.0239. The minimum atomic E-state index is -3.88. The minimum Gasteiger partial charge on any atom is -0.354 e. The van der Waals surface area contributed by atoms with Crippen LogP contribution in [0.4, 0.5) is 0 Å². The van der Waals surface area contributed by atoms with Crippen molar-refractivity contribution in [3.05, 3.63) is 29.8 Å². The van der Waals surface area contributed by atoms with Crippen LogP contribution in [0.3, 0.4) is 0 Å². The number of rotatable bonds is 7. The first-order valence-electron chi connectivity index (χ1n) is 6.90. The maximum absolute atomic E-state index is 12.3. The molecular weight excluding hydrogens is 324 g/mol. The summed E-state index contributed by atoms with van der Waals surface area (Å²) in [5.74, 6) is -1.01. The smallest absolute Gasteiger partial charge is 0.269 e. The van der Waals surface area contributed by atoms with Crippen LogP contribution < -0.4 is 5.32 Å². The average molecular weight is 342 g/mol. The van der Waals surface area contributed by atoms with E-state index in [1.54, 1.807) is 12.1 Å². The van der Waals surface area contributed by atoms with Gasteiger partial charge in [-0.25, -0.2) is 12.7 Å². The van der Waals surface area contributed by atoms with Gasteiger partial charge in [0.05, 0.1) is 12.1 Å². The van der Waals surface area contributed by atoms with Gasteiger partial charge in [0.15, 0.2) is 6.29 Å². The molecule has 1 heterocycles. The molecule has 0 radical (unpaired) electrons. The molecule has 23 heavy (non-hydrogen) atoms. The van der Waals surface area contributed by atoms with Crippen LogP contribution in [0.2, 0.25) is 0 Å². The SMILES string of the molecule is COC(CNC(=O)CCN1C(=O)c2ccccc2S1(=O)=O)OC. The van der Waals surface area contributed by atoms with E-state index in [1.807, 2.05) is 0 Å². The second-order valence-corrected chi connectivity index (χ2v) is 6.66. The number of nitrogens with zero attached hydrogens (tertiary/aromatic N) is 1. The van der Waals surface area contributed by atoms with E-state index < -0.39 is 28.1 Å². The zero-order valence-electron chi connectivity index (χ0n) is 12.8. The van der Waals surface area contributed by atoms with Crippen LogP contribution in [0.25, 0.3) is 0 Å². The molecule has 1 N–H and O–H groups in total. The summed E-state index contributed by atoms with van der Waals surface area (Å²) >= 11 is 0. The van der Waals surface area contributed by atoms with Crippen molar-refractivity contribution in [3.8, 4) is 0 Å². The summed E-state index contributed by atoms with van der Waals surface area (Å²) in [5, 5.41) is 2.55. The lowest BCUT2D eigenvalue weighted by Crippen LogP contribution is -2.37. The van der Waals surface area contributed by atoms with Gasteiger partial charge in [0.1, 0.15) is 4.90 Å². The van der Waals surface area contributed by atoms with E-state index in [9.17, 15) is 18.0 Å². The van der Waals surface area contributed by atoms with Crippen molar-refractivity contribution in [3.63, 3.8) is 0 Å². The highest BCUT2D eigenvalue weighted by atomic mass is 32.2. The summed E-state index contributed by atoms with van der Waals surface area (Å²) < 4.78 is 35.2. The number of fused-ring (bicyclic) bond motifs is 1. The van der Waals surface area contributed by atoms with E-state index in [0.29, 0.717) is 0 Å². The fraction of sp³-hybridized carbons (Fsp3) is 0.429. The Labute approximate surface area is 134 Å². The third-order valence-corrected chi connectivity index (χ3v) is 5.29. The van der Waals surface area contributed by atoms with Crippen molar-refractivity contribution >= 4 is 21.8 Å². The van der Waals surface area contributed by atoms with E-state index in [2.05, 4.69) is 5.32 Å². The number of carbonyl (C=O) groups is 2. The maximum atomic E-state index is 12.3. The predicted molar refractivity (Wildman–Crippen MR) is 80.1 cm³/mol. The molecule has 126 valence electrons. The van der Waals surface area contributed by atoms with Gasteiger partial charge in [-0.15, -0.1) is 0 Å². The van der Waals surface area contributed by atoms with Gasteiger partial charge in [-0.05, 0) is 12.1 Å². The number of hydrogen-bond donors (Lipinski definition) is 1. The summed E-state index contributed by atoms with van der Waals surface area (Å²) in [7, 11) is -1.00. The van der Waals surface area contributed by atoms with E-state index in [1.165, 1.54) is 26.4 Å². The van der Waals surface area contributed by atoms with Gasteiger partial charge < -0.3 is 14.8 Å². The standard InChI is InChI=1S/C14H18N2O6S/c1-21-13(22-2)9-15-12(17)7-8-16-14(18)10-5-3-4-6-11(10)23(16,19)20/h3-6,13H,7-9H2,1-2H3,(H,15,17). The summed E-state index contributed by atoms with van der Waals surface area (Å²) in [4.78, 5) is 23.9. The zero-order chi connectivity index (χ0) is 17.0. The molecule has 0 aliphatic carbocycles. The lowest BCUT2D eigenvalue weighted by molar-refractivity contribution is -0.127. The summed E-state index contributed by atoms with van der Waals surface area (Å²) in [6.45, 7) is -0.0843. The van der Waals surface area contributed by atoms with Gasteiger partial charge in [-0.3, -0.25) is 9.59 Å². The van der Waals surface area contributed by atoms with E-state index in [-0.39, 0.29) is 30.0 Å². The molecule has 0 bridgehead atoms. The van der Waals surface area contributed by atoms with Gasteiger partial charge in [0.25, 0.3) is 15.9 Å². The Balaban J connectivity index is 1.97. The topological polar surface area (TPSA) is 102 Å². The van der Waals surface area contributed by atoms with E-state index in [0.717, 1.165) is 4.31 Å².